The first-order chi connectivity index (χ1) is 6.33. The van der Waals surface area contributed by atoms with Crippen LogP contribution in [0.25, 0.3) is 0 Å². The van der Waals surface area contributed by atoms with Crippen molar-refractivity contribution in [3.63, 3.8) is 0 Å². The molecule has 70 valence electrons. The van der Waals surface area contributed by atoms with Crippen molar-refractivity contribution in [2.75, 3.05) is 7.11 Å². The van der Waals surface area contributed by atoms with Gasteiger partial charge in [-0.25, -0.2) is 0 Å². The van der Waals surface area contributed by atoms with E-state index < -0.39 is 0 Å². The molecule has 0 unspecified atom stereocenters. The number of ether oxygens (including phenoxy) is 1. The largest absolute Gasteiger partial charge is 0.469 e. The second-order valence-electron chi connectivity index (χ2n) is 5.32. The van der Waals surface area contributed by atoms with E-state index in [-0.39, 0.29) is 11.9 Å². The molecule has 0 N–H and O–H groups in total. The van der Waals surface area contributed by atoms with E-state index in [2.05, 4.69) is 0 Å². The number of hydrogen-bond acceptors (Lipinski definition) is 2. The third-order valence-corrected chi connectivity index (χ3v) is 5.31. The molecular weight excluding hydrogens is 164 g/mol. The van der Waals surface area contributed by atoms with Crippen molar-refractivity contribution < 1.29 is 9.53 Å². The molecule has 0 radical (unpaired) electrons. The van der Waals surface area contributed by atoms with Crippen LogP contribution in [0, 0.1) is 41.4 Å². The van der Waals surface area contributed by atoms with Crippen molar-refractivity contribution in [3.8, 4) is 0 Å². The van der Waals surface area contributed by atoms with Gasteiger partial charge < -0.3 is 4.74 Å². The van der Waals surface area contributed by atoms with E-state index >= 15 is 0 Å². The van der Waals surface area contributed by atoms with E-state index in [4.69, 9.17) is 4.74 Å². The zero-order valence-corrected chi connectivity index (χ0v) is 7.77. The first-order valence-electron chi connectivity index (χ1n) is 5.40. The predicted octanol–water partition coefficient (Wildman–Crippen LogP) is 1.31. The number of carbonyl (C=O) groups excluding carboxylic acids is 1. The summed E-state index contributed by atoms with van der Waals surface area (Å²) < 4.78 is 4.88. The number of carbonyl (C=O) groups is 1. The van der Waals surface area contributed by atoms with Crippen LogP contribution in [0.1, 0.15) is 12.8 Å². The van der Waals surface area contributed by atoms with Crippen LogP contribution in [0.4, 0.5) is 0 Å². The first-order valence-corrected chi connectivity index (χ1v) is 5.40. The molecule has 0 spiro atoms. The summed E-state index contributed by atoms with van der Waals surface area (Å²) >= 11 is 0. The number of hydrogen-bond donors (Lipinski definition) is 0. The Balaban J connectivity index is 1.70. The molecule has 5 aliphatic rings. The Labute approximate surface area is 77.6 Å². The van der Waals surface area contributed by atoms with Crippen molar-refractivity contribution in [2.45, 2.75) is 12.8 Å². The molecule has 0 aromatic rings. The van der Waals surface area contributed by atoms with Gasteiger partial charge in [-0.15, -0.1) is 0 Å². The Morgan fingerprint density at radius 3 is 2.38 bits per heavy atom. The molecular formula is C11H14O2. The monoisotopic (exact) mass is 178 g/mol. The van der Waals surface area contributed by atoms with Gasteiger partial charge in [-0.2, -0.15) is 0 Å². The third kappa shape index (κ3) is 0.544. The van der Waals surface area contributed by atoms with E-state index in [1.807, 2.05) is 0 Å². The maximum atomic E-state index is 11.5. The van der Waals surface area contributed by atoms with Crippen molar-refractivity contribution in [2.24, 2.45) is 41.4 Å². The second-order valence-corrected chi connectivity index (χ2v) is 5.32. The summed E-state index contributed by atoms with van der Waals surface area (Å²) in [6.45, 7) is 0. The molecule has 0 amide bonds. The van der Waals surface area contributed by atoms with Crippen LogP contribution >= 0.6 is 0 Å². The van der Waals surface area contributed by atoms with Crippen LogP contribution in [0.15, 0.2) is 0 Å². The molecule has 2 nitrogen and oxygen atoms in total. The molecule has 2 heteroatoms. The Hall–Kier alpha value is -0.530. The highest BCUT2D eigenvalue weighted by Gasteiger charge is 2.78. The lowest BCUT2D eigenvalue weighted by Crippen LogP contribution is -2.24. The minimum absolute atomic E-state index is 0.0727. The Bertz CT molecular complexity index is 298. The average Bonchev–Trinajstić information content (AvgIpc) is 2.59. The highest BCUT2D eigenvalue weighted by molar-refractivity contribution is 5.74. The molecule has 7 atom stereocenters. The van der Waals surface area contributed by atoms with Gasteiger partial charge >= 0.3 is 5.97 Å². The topological polar surface area (TPSA) is 26.3 Å². The molecule has 5 aliphatic carbocycles. The SMILES string of the molecule is COC(=O)[C@@H]1C[C@@H]2[C@H]3C[C@H]4[C@H]2[C@H]4[C@H]31. The van der Waals surface area contributed by atoms with Gasteiger partial charge in [-0.3, -0.25) is 4.79 Å². The lowest BCUT2D eigenvalue weighted by Gasteiger charge is -2.18. The highest BCUT2D eigenvalue weighted by atomic mass is 16.5. The maximum absolute atomic E-state index is 11.5. The Morgan fingerprint density at radius 2 is 1.85 bits per heavy atom. The van der Waals surface area contributed by atoms with E-state index in [9.17, 15) is 4.79 Å². The van der Waals surface area contributed by atoms with Gasteiger partial charge in [0.15, 0.2) is 0 Å². The molecule has 5 fully saturated rings. The van der Waals surface area contributed by atoms with Gasteiger partial charge in [-0.05, 0) is 48.3 Å². The standard InChI is InChI=1S/C11H14O2/c1-13-11(12)7-3-5-4-2-6-8(5)10(6)9(4)7/h4-10H,2-3H2,1H3/t4-,5-,6+,7-,8+,9-,10+/m1/s1. The van der Waals surface area contributed by atoms with Crippen LogP contribution in [-0.4, -0.2) is 13.1 Å². The second kappa shape index (κ2) is 1.79. The fourth-order valence-electron chi connectivity index (χ4n) is 5.14. The Morgan fingerprint density at radius 1 is 1.08 bits per heavy atom. The van der Waals surface area contributed by atoms with Crippen molar-refractivity contribution in [1.29, 1.82) is 0 Å². The summed E-state index contributed by atoms with van der Waals surface area (Å²) in [5.41, 5.74) is 0. The van der Waals surface area contributed by atoms with E-state index in [1.54, 1.807) is 0 Å². The van der Waals surface area contributed by atoms with Crippen LogP contribution in [0.5, 0.6) is 0 Å². The van der Waals surface area contributed by atoms with E-state index in [0.717, 1.165) is 41.9 Å². The van der Waals surface area contributed by atoms with E-state index in [0.29, 0.717) is 0 Å². The third-order valence-electron chi connectivity index (χ3n) is 5.31. The number of rotatable bonds is 1. The highest BCUT2D eigenvalue weighted by Crippen LogP contribution is 2.82. The molecule has 0 aliphatic heterocycles. The zero-order valence-electron chi connectivity index (χ0n) is 7.77. The minimum atomic E-state index is 0.0727. The first kappa shape index (κ1) is 6.86. The predicted molar refractivity (Wildman–Crippen MR) is 45.7 cm³/mol. The Kier molecular flexibility index (Phi) is 0.946. The van der Waals surface area contributed by atoms with Crippen molar-refractivity contribution >= 4 is 5.97 Å². The number of methoxy groups -OCH3 is 1. The average molecular weight is 178 g/mol. The summed E-state index contributed by atoms with van der Waals surface area (Å²) in [6.07, 6.45) is 2.60. The lowest BCUT2D eigenvalue weighted by atomic mass is 9.88. The molecule has 0 aromatic carbocycles. The van der Waals surface area contributed by atoms with Crippen LogP contribution in [0.2, 0.25) is 0 Å². The molecule has 5 saturated carbocycles. The molecule has 0 aromatic heterocycles. The van der Waals surface area contributed by atoms with E-state index in [1.165, 1.54) is 13.5 Å². The molecule has 0 heterocycles. The van der Waals surface area contributed by atoms with Crippen LogP contribution in [-0.2, 0) is 9.53 Å². The normalized spacial score (nSPS) is 64.2. The summed E-state index contributed by atoms with van der Waals surface area (Å²) in [5, 5.41) is 0. The van der Waals surface area contributed by atoms with Gasteiger partial charge in [0, 0.05) is 0 Å². The van der Waals surface area contributed by atoms with Gasteiger partial charge in [-0.1, -0.05) is 0 Å². The smallest absolute Gasteiger partial charge is 0.308 e. The minimum Gasteiger partial charge on any atom is -0.469 e. The number of esters is 1. The summed E-state index contributed by atoms with van der Waals surface area (Å²) in [5.74, 6) is 5.98. The molecule has 5 rings (SSSR count). The van der Waals surface area contributed by atoms with Gasteiger partial charge in [0.1, 0.15) is 0 Å². The van der Waals surface area contributed by atoms with Crippen molar-refractivity contribution in [3.05, 3.63) is 0 Å². The maximum Gasteiger partial charge on any atom is 0.308 e. The van der Waals surface area contributed by atoms with Gasteiger partial charge in [0.05, 0.1) is 13.0 Å². The van der Waals surface area contributed by atoms with Crippen LogP contribution < -0.4 is 0 Å². The summed E-state index contributed by atoms with van der Waals surface area (Å²) in [7, 11) is 1.53. The van der Waals surface area contributed by atoms with Gasteiger partial charge in [0.25, 0.3) is 0 Å². The van der Waals surface area contributed by atoms with Gasteiger partial charge in [0.2, 0.25) is 0 Å². The molecule has 6 bridgehead atoms. The lowest BCUT2D eigenvalue weighted by molar-refractivity contribution is -0.147. The van der Waals surface area contributed by atoms with Crippen LogP contribution in [0.3, 0.4) is 0 Å². The quantitative estimate of drug-likeness (QED) is 0.566. The molecule has 0 saturated heterocycles. The molecule has 13 heavy (non-hydrogen) atoms. The summed E-state index contributed by atoms with van der Waals surface area (Å²) in [4.78, 5) is 11.5. The fraction of sp³-hybridized carbons (Fsp3) is 0.909. The fourth-order valence-corrected chi connectivity index (χ4v) is 5.14. The summed E-state index contributed by atoms with van der Waals surface area (Å²) in [6, 6.07) is 0. The van der Waals surface area contributed by atoms with Crippen molar-refractivity contribution in [1.82, 2.24) is 0 Å². The zero-order chi connectivity index (χ0) is 8.74.